The van der Waals surface area contributed by atoms with Crippen LogP contribution in [0.1, 0.15) is 26.7 Å². The van der Waals surface area contributed by atoms with Gasteiger partial charge in [-0.25, -0.2) is 0 Å². The third-order valence-electron chi connectivity index (χ3n) is 2.17. The van der Waals surface area contributed by atoms with Gasteiger partial charge in [0.25, 0.3) is 0 Å². The van der Waals surface area contributed by atoms with E-state index in [9.17, 15) is 9.90 Å². The number of hydrogen-bond donors (Lipinski definition) is 3. The summed E-state index contributed by atoms with van der Waals surface area (Å²) in [6.45, 7) is 4.70. The van der Waals surface area contributed by atoms with E-state index >= 15 is 0 Å². The van der Waals surface area contributed by atoms with Crippen molar-refractivity contribution >= 4 is 17.3 Å². The molecule has 0 saturated carbocycles. The van der Waals surface area contributed by atoms with Crippen molar-refractivity contribution in [2.45, 2.75) is 26.7 Å². The number of phenolic OH excluding ortho intramolecular Hbond substituents is 1. The zero-order valence-electron chi connectivity index (χ0n) is 9.71. The van der Waals surface area contributed by atoms with Crippen molar-refractivity contribution in [3.05, 3.63) is 18.2 Å². The number of phenols is 1. The Kier molecular flexibility index (Phi) is 4.64. The van der Waals surface area contributed by atoms with Crippen molar-refractivity contribution < 1.29 is 9.90 Å². The lowest BCUT2D eigenvalue weighted by molar-refractivity contribution is -0.115. The smallest absolute Gasteiger partial charge is 0.224 e. The van der Waals surface area contributed by atoms with Crippen LogP contribution >= 0.6 is 0 Å². The molecule has 0 atom stereocenters. The van der Waals surface area contributed by atoms with E-state index in [2.05, 4.69) is 17.6 Å². The van der Waals surface area contributed by atoms with Gasteiger partial charge in [0.15, 0.2) is 0 Å². The summed E-state index contributed by atoms with van der Waals surface area (Å²) in [5, 5.41) is 15.5. The molecule has 88 valence electrons. The number of aromatic hydroxyl groups is 1. The quantitative estimate of drug-likeness (QED) is 0.671. The van der Waals surface area contributed by atoms with Crippen LogP contribution in [0, 0.1) is 0 Å². The van der Waals surface area contributed by atoms with E-state index in [0.29, 0.717) is 12.1 Å². The molecule has 0 aliphatic heterocycles. The van der Waals surface area contributed by atoms with Crippen molar-refractivity contribution in [3.8, 4) is 5.75 Å². The predicted octanol–water partition coefficient (Wildman–Crippen LogP) is 2.56. The summed E-state index contributed by atoms with van der Waals surface area (Å²) in [4.78, 5) is 11.2. The number of hydrogen-bond acceptors (Lipinski definition) is 3. The molecule has 0 aliphatic rings. The number of carbonyl (C=O) groups excluding carboxylic acids is 1. The number of rotatable bonds is 5. The molecule has 4 nitrogen and oxygen atoms in total. The minimum Gasteiger partial charge on any atom is -0.506 e. The fraction of sp³-hybridized carbons (Fsp3) is 0.417. The van der Waals surface area contributed by atoms with Crippen molar-refractivity contribution in [3.63, 3.8) is 0 Å². The lowest BCUT2D eigenvalue weighted by atomic mass is 10.2. The molecule has 0 aliphatic carbocycles. The summed E-state index contributed by atoms with van der Waals surface area (Å²) < 4.78 is 0. The SMILES string of the molecule is CCCNc1ccc(NC(=O)CC)c(O)c1. The van der Waals surface area contributed by atoms with E-state index in [0.717, 1.165) is 18.7 Å². The van der Waals surface area contributed by atoms with Gasteiger partial charge < -0.3 is 15.7 Å². The maximum atomic E-state index is 11.2. The molecule has 0 bridgehead atoms. The highest BCUT2D eigenvalue weighted by Crippen LogP contribution is 2.26. The zero-order valence-corrected chi connectivity index (χ0v) is 9.71. The van der Waals surface area contributed by atoms with Gasteiger partial charge in [-0.2, -0.15) is 0 Å². The van der Waals surface area contributed by atoms with Crippen LogP contribution < -0.4 is 10.6 Å². The molecule has 0 unspecified atom stereocenters. The van der Waals surface area contributed by atoms with Crippen LogP contribution in [0.2, 0.25) is 0 Å². The van der Waals surface area contributed by atoms with Crippen LogP contribution in [-0.2, 0) is 4.79 Å². The Bertz CT molecular complexity index is 364. The van der Waals surface area contributed by atoms with E-state index in [1.165, 1.54) is 0 Å². The normalized spacial score (nSPS) is 9.88. The average Bonchev–Trinajstić information content (AvgIpc) is 2.29. The standard InChI is InChI=1S/C12H18N2O2/c1-3-7-13-9-5-6-10(11(15)8-9)14-12(16)4-2/h5-6,8,13,15H,3-4,7H2,1-2H3,(H,14,16). The summed E-state index contributed by atoms with van der Waals surface area (Å²) in [7, 11) is 0. The molecule has 1 rings (SSSR count). The second-order valence-corrected chi connectivity index (χ2v) is 3.56. The van der Waals surface area contributed by atoms with Crippen molar-refractivity contribution in [1.82, 2.24) is 0 Å². The molecule has 1 aromatic rings. The molecule has 0 aromatic heterocycles. The third kappa shape index (κ3) is 3.46. The topological polar surface area (TPSA) is 61.4 Å². The number of nitrogens with one attached hydrogen (secondary N) is 2. The van der Waals surface area contributed by atoms with Crippen LogP contribution in [0.4, 0.5) is 11.4 Å². The molecule has 1 aromatic carbocycles. The van der Waals surface area contributed by atoms with Gasteiger partial charge in [0.05, 0.1) is 5.69 Å². The van der Waals surface area contributed by atoms with Crippen LogP contribution in [0.15, 0.2) is 18.2 Å². The first kappa shape index (κ1) is 12.4. The zero-order chi connectivity index (χ0) is 12.0. The molecule has 0 fully saturated rings. The summed E-state index contributed by atoms with van der Waals surface area (Å²) in [6, 6.07) is 5.14. The molecule has 0 radical (unpaired) electrons. The van der Waals surface area contributed by atoms with E-state index in [-0.39, 0.29) is 11.7 Å². The largest absolute Gasteiger partial charge is 0.506 e. The Hall–Kier alpha value is -1.71. The Balaban J connectivity index is 2.71. The fourth-order valence-corrected chi connectivity index (χ4v) is 1.26. The molecule has 1 amide bonds. The highest BCUT2D eigenvalue weighted by Gasteiger charge is 2.05. The molecule has 4 heteroatoms. The minimum absolute atomic E-state index is 0.0860. The molecule has 3 N–H and O–H groups in total. The van der Waals surface area contributed by atoms with Crippen LogP contribution in [0.25, 0.3) is 0 Å². The first-order chi connectivity index (χ1) is 7.67. The third-order valence-corrected chi connectivity index (χ3v) is 2.17. The Labute approximate surface area is 95.7 Å². The second kappa shape index (κ2) is 6.00. The molecule has 0 spiro atoms. The van der Waals surface area contributed by atoms with Gasteiger partial charge in [-0.3, -0.25) is 4.79 Å². The number of carbonyl (C=O) groups is 1. The maximum Gasteiger partial charge on any atom is 0.224 e. The molecular weight excluding hydrogens is 204 g/mol. The minimum atomic E-state index is -0.107. The van der Waals surface area contributed by atoms with E-state index in [1.54, 1.807) is 19.1 Å². The lowest BCUT2D eigenvalue weighted by Gasteiger charge is -2.09. The average molecular weight is 222 g/mol. The first-order valence-electron chi connectivity index (χ1n) is 5.54. The highest BCUT2D eigenvalue weighted by atomic mass is 16.3. The number of benzene rings is 1. The van der Waals surface area contributed by atoms with E-state index < -0.39 is 0 Å². The van der Waals surface area contributed by atoms with Gasteiger partial charge in [-0.15, -0.1) is 0 Å². The molecular formula is C12H18N2O2. The van der Waals surface area contributed by atoms with Gasteiger partial charge >= 0.3 is 0 Å². The lowest BCUT2D eigenvalue weighted by Crippen LogP contribution is -2.09. The number of anilines is 2. The summed E-state index contributed by atoms with van der Waals surface area (Å²) in [5.74, 6) is -0.0209. The molecule has 0 saturated heterocycles. The maximum absolute atomic E-state index is 11.2. The summed E-state index contributed by atoms with van der Waals surface area (Å²) in [6.07, 6.45) is 1.42. The number of amides is 1. The summed E-state index contributed by atoms with van der Waals surface area (Å²) in [5.41, 5.74) is 1.31. The van der Waals surface area contributed by atoms with E-state index in [1.807, 2.05) is 6.07 Å². The van der Waals surface area contributed by atoms with Crippen molar-refractivity contribution in [2.24, 2.45) is 0 Å². The van der Waals surface area contributed by atoms with Gasteiger partial charge in [0.2, 0.25) is 5.91 Å². The highest BCUT2D eigenvalue weighted by molar-refractivity contribution is 5.92. The van der Waals surface area contributed by atoms with Crippen molar-refractivity contribution in [1.29, 1.82) is 0 Å². The predicted molar refractivity (Wildman–Crippen MR) is 65.8 cm³/mol. The van der Waals surface area contributed by atoms with Crippen LogP contribution in [-0.4, -0.2) is 17.6 Å². The fourth-order valence-electron chi connectivity index (χ4n) is 1.26. The Morgan fingerprint density at radius 2 is 2.12 bits per heavy atom. The Morgan fingerprint density at radius 1 is 1.38 bits per heavy atom. The van der Waals surface area contributed by atoms with Gasteiger partial charge in [-0.05, 0) is 18.6 Å². The molecule has 16 heavy (non-hydrogen) atoms. The molecule has 0 heterocycles. The monoisotopic (exact) mass is 222 g/mol. The van der Waals surface area contributed by atoms with Gasteiger partial charge in [0, 0.05) is 24.7 Å². The Morgan fingerprint density at radius 3 is 2.69 bits per heavy atom. The summed E-state index contributed by atoms with van der Waals surface area (Å²) >= 11 is 0. The van der Waals surface area contributed by atoms with E-state index in [4.69, 9.17) is 0 Å². The first-order valence-corrected chi connectivity index (χ1v) is 5.54. The van der Waals surface area contributed by atoms with Crippen LogP contribution in [0.3, 0.4) is 0 Å². The van der Waals surface area contributed by atoms with Gasteiger partial charge in [0.1, 0.15) is 5.75 Å². The van der Waals surface area contributed by atoms with Crippen LogP contribution in [0.5, 0.6) is 5.75 Å². The van der Waals surface area contributed by atoms with Gasteiger partial charge in [-0.1, -0.05) is 13.8 Å². The second-order valence-electron chi connectivity index (χ2n) is 3.56. The van der Waals surface area contributed by atoms with Crippen molar-refractivity contribution in [2.75, 3.05) is 17.2 Å².